The molecule has 0 bridgehead atoms. The molecule has 3 aromatic carbocycles. The Labute approximate surface area is 265 Å². The summed E-state index contributed by atoms with van der Waals surface area (Å²) in [4.78, 5) is 29.0. The van der Waals surface area contributed by atoms with E-state index in [9.17, 15) is 18.0 Å². The number of sulfone groups is 1. The van der Waals surface area contributed by atoms with Crippen molar-refractivity contribution >= 4 is 50.3 Å². The van der Waals surface area contributed by atoms with Crippen LogP contribution >= 0.6 is 22.9 Å². The first-order chi connectivity index (χ1) is 21.1. The molecule has 0 radical (unpaired) electrons. The summed E-state index contributed by atoms with van der Waals surface area (Å²) in [6.45, 7) is 0.993. The predicted octanol–water partition coefficient (Wildman–Crippen LogP) is 5.92. The molecule has 0 unspecified atom stereocenters. The molecule has 0 spiro atoms. The van der Waals surface area contributed by atoms with Gasteiger partial charge >= 0.3 is 0 Å². The maximum Gasteiger partial charge on any atom is 0.265 e. The van der Waals surface area contributed by atoms with E-state index in [4.69, 9.17) is 21.1 Å². The van der Waals surface area contributed by atoms with E-state index in [1.54, 1.807) is 91.1 Å². The van der Waals surface area contributed by atoms with Crippen LogP contribution < -0.4 is 14.8 Å². The van der Waals surface area contributed by atoms with Crippen molar-refractivity contribution in [2.75, 3.05) is 45.5 Å². The minimum atomic E-state index is -3.85. The predicted molar refractivity (Wildman–Crippen MR) is 173 cm³/mol. The average molecular weight is 654 g/mol. The van der Waals surface area contributed by atoms with Crippen molar-refractivity contribution in [2.45, 2.75) is 17.4 Å². The first-order valence-electron chi connectivity index (χ1n) is 13.8. The normalized spacial score (nSPS) is 14.7. The Hall–Kier alpha value is -4.06. The Morgan fingerprint density at radius 2 is 1.82 bits per heavy atom. The largest absolute Gasteiger partial charge is 0.495 e. The molecular weight excluding hydrogens is 622 g/mol. The number of nitrogens with zero attached hydrogens (tertiary/aromatic N) is 2. The topological polar surface area (TPSA) is 105 Å². The van der Waals surface area contributed by atoms with Crippen LogP contribution in [0.25, 0.3) is 11.1 Å². The van der Waals surface area contributed by atoms with Crippen LogP contribution in [0.3, 0.4) is 0 Å². The summed E-state index contributed by atoms with van der Waals surface area (Å²) in [6.07, 6.45) is 0.471. The Bertz CT molecular complexity index is 1790. The lowest BCUT2D eigenvalue weighted by Gasteiger charge is -2.17. The number of benzene rings is 3. The summed E-state index contributed by atoms with van der Waals surface area (Å²) in [5.74, 6) is 0.143. The van der Waals surface area contributed by atoms with E-state index < -0.39 is 9.84 Å². The molecule has 44 heavy (non-hydrogen) atoms. The van der Waals surface area contributed by atoms with E-state index in [0.29, 0.717) is 57.5 Å². The Morgan fingerprint density at radius 3 is 2.55 bits per heavy atom. The number of halogens is 1. The van der Waals surface area contributed by atoms with Crippen LogP contribution in [0.1, 0.15) is 26.5 Å². The number of methoxy groups -OCH3 is 1. The summed E-state index contributed by atoms with van der Waals surface area (Å²) in [5, 5.41) is 5.24. The molecule has 1 aromatic heterocycles. The molecule has 1 fully saturated rings. The van der Waals surface area contributed by atoms with Crippen LogP contribution in [0, 0.1) is 0 Å². The highest BCUT2D eigenvalue weighted by Crippen LogP contribution is 2.32. The van der Waals surface area contributed by atoms with Crippen LogP contribution in [-0.2, 0) is 9.84 Å². The monoisotopic (exact) mass is 653 g/mol. The first kappa shape index (κ1) is 31.4. The minimum Gasteiger partial charge on any atom is -0.495 e. The second-order valence-electron chi connectivity index (χ2n) is 10.5. The number of thiophene rings is 1. The van der Waals surface area contributed by atoms with E-state index in [0.717, 1.165) is 0 Å². The van der Waals surface area contributed by atoms with Gasteiger partial charge in [-0.1, -0.05) is 35.9 Å². The molecule has 1 aliphatic heterocycles. The summed E-state index contributed by atoms with van der Waals surface area (Å²) < 4.78 is 38.6. The van der Waals surface area contributed by atoms with Crippen molar-refractivity contribution in [1.29, 1.82) is 0 Å². The fourth-order valence-corrected chi connectivity index (χ4v) is 7.30. The van der Waals surface area contributed by atoms with Gasteiger partial charge in [-0.3, -0.25) is 9.59 Å². The number of ether oxygens (including phenoxy) is 2. The van der Waals surface area contributed by atoms with Crippen LogP contribution in [0.15, 0.2) is 83.1 Å². The summed E-state index contributed by atoms with van der Waals surface area (Å²) in [5.41, 5.74) is 2.41. The molecule has 12 heteroatoms. The molecule has 4 aromatic rings. The van der Waals surface area contributed by atoms with Gasteiger partial charge in [-0.2, -0.15) is 0 Å². The Balaban J connectivity index is 1.27. The van der Waals surface area contributed by atoms with E-state index in [-0.39, 0.29) is 34.4 Å². The highest BCUT2D eigenvalue weighted by atomic mass is 35.5. The number of amides is 2. The molecule has 5 rings (SSSR count). The number of anilines is 1. The van der Waals surface area contributed by atoms with Gasteiger partial charge in [0.25, 0.3) is 11.8 Å². The van der Waals surface area contributed by atoms with E-state index in [1.165, 1.54) is 23.3 Å². The van der Waals surface area contributed by atoms with Crippen molar-refractivity contribution in [3.8, 4) is 22.6 Å². The zero-order valence-electron chi connectivity index (χ0n) is 24.4. The lowest BCUT2D eigenvalue weighted by molar-refractivity contribution is 0.0776. The number of hydrogen-bond donors (Lipinski definition) is 1. The summed E-state index contributed by atoms with van der Waals surface area (Å²) in [6, 6.07) is 20.8. The highest BCUT2D eigenvalue weighted by molar-refractivity contribution is 7.91. The second-order valence-corrected chi connectivity index (χ2v) is 13.8. The maximum atomic E-state index is 13.5. The number of likely N-dealkylation sites (tertiary alicyclic amines) is 1. The average Bonchev–Trinajstić information content (AvgIpc) is 3.68. The fourth-order valence-electron chi connectivity index (χ4n) is 4.92. The standard InChI is InChI=1S/C32H32ClN3O6S2/c1-35(2)31(37)23-7-4-6-21(16-23)22-10-11-28(41-3)29(17-22)44(39,40)20-34-24-8-5-9-25(18-24)42-26-12-14-36(19-26)32(38)30-27(33)13-15-43-30/h4-11,13,15-18,26,34H,12,14,19-20H2,1-3H3/t26-/m0/s1. The van der Waals surface area contributed by atoms with Gasteiger partial charge in [-0.25, -0.2) is 8.42 Å². The van der Waals surface area contributed by atoms with Crippen molar-refractivity contribution in [1.82, 2.24) is 9.80 Å². The Morgan fingerprint density at radius 1 is 1.05 bits per heavy atom. The zero-order chi connectivity index (χ0) is 31.4. The number of carbonyl (C=O) groups is 2. The van der Waals surface area contributed by atoms with Gasteiger partial charge < -0.3 is 24.6 Å². The van der Waals surface area contributed by atoms with Gasteiger partial charge in [0, 0.05) is 44.4 Å². The molecule has 9 nitrogen and oxygen atoms in total. The minimum absolute atomic E-state index is 0.0308. The third kappa shape index (κ3) is 7.01. The molecule has 230 valence electrons. The summed E-state index contributed by atoms with van der Waals surface area (Å²) in [7, 11) is 0.921. The number of nitrogens with one attached hydrogen (secondary N) is 1. The van der Waals surface area contributed by atoms with Crippen LogP contribution in [0.2, 0.25) is 5.02 Å². The molecular formula is C32H32ClN3O6S2. The molecule has 1 atom stereocenters. The molecule has 0 saturated carbocycles. The molecule has 1 saturated heterocycles. The lowest BCUT2D eigenvalue weighted by Crippen LogP contribution is -2.30. The molecule has 2 amide bonds. The highest BCUT2D eigenvalue weighted by Gasteiger charge is 2.30. The van der Waals surface area contributed by atoms with Gasteiger partial charge in [-0.05, 0) is 59.0 Å². The third-order valence-electron chi connectivity index (χ3n) is 7.19. The Kier molecular flexibility index (Phi) is 9.48. The molecule has 0 aliphatic carbocycles. The number of rotatable bonds is 10. The molecule has 2 heterocycles. The second kappa shape index (κ2) is 13.3. The number of hydrogen-bond acceptors (Lipinski definition) is 8. The SMILES string of the molecule is COc1ccc(-c2cccc(C(=O)N(C)C)c2)cc1S(=O)(=O)CNc1cccc(O[C@H]2CCN(C(=O)c3sccc3Cl)C2)c1. The van der Waals surface area contributed by atoms with Crippen molar-refractivity contribution in [2.24, 2.45) is 0 Å². The zero-order valence-corrected chi connectivity index (χ0v) is 26.8. The van der Waals surface area contributed by atoms with Crippen LogP contribution in [-0.4, -0.2) is 76.3 Å². The van der Waals surface area contributed by atoms with Crippen molar-refractivity contribution in [3.63, 3.8) is 0 Å². The lowest BCUT2D eigenvalue weighted by atomic mass is 10.0. The maximum absolute atomic E-state index is 13.5. The molecule has 1 aliphatic rings. The number of carbonyl (C=O) groups excluding carboxylic acids is 2. The quantitative estimate of drug-likeness (QED) is 0.227. The first-order valence-corrected chi connectivity index (χ1v) is 16.7. The smallest absolute Gasteiger partial charge is 0.265 e. The van der Waals surface area contributed by atoms with Crippen LogP contribution in [0.4, 0.5) is 5.69 Å². The van der Waals surface area contributed by atoms with Gasteiger partial charge in [0.2, 0.25) is 0 Å². The van der Waals surface area contributed by atoms with E-state index >= 15 is 0 Å². The van der Waals surface area contributed by atoms with Crippen molar-refractivity contribution in [3.05, 3.63) is 93.6 Å². The van der Waals surface area contributed by atoms with Crippen molar-refractivity contribution < 1.29 is 27.5 Å². The van der Waals surface area contributed by atoms with E-state index in [2.05, 4.69) is 5.32 Å². The van der Waals surface area contributed by atoms with Gasteiger partial charge in [0.1, 0.15) is 33.3 Å². The van der Waals surface area contributed by atoms with Gasteiger partial charge in [0.15, 0.2) is 9.84 Å². The fraction of sp³-hybridized carbons (Fsp3) is 0.250. The molecule has 1 N–H and O–H groups in total. The third-order valence-corrected chi connectivity index (χ3v) is 10.0. The van der Waals surface area contributed by atoms with Gasteiger partial charge in [-0.15, -0.1) is 11.3 Å². The van der Waals surface area contributed by atoms with Crippen LogP contribution in [0.5, 0.6) is 11.5 Å². The van der Waals surface area contributed by atoms with Gasteiger partial charge in [0.05, 0.1) is 18.7 Å². The summed E-state index contributed by atoms with van der Waals surface area (Å²) >= 11 is 7.46. The van der Waals surface area contributed by atoms with E-state index in [1.807, 2.05) is 6.07 Å².